The second-order valence-electron chi connectivity index (χ2n) is 8.12. The van der Waals surface area contributed by atoms with Gasteiger partial charge >= 0.3 is 5.97 Å². The molecule has 0 aromatic heterocycles. The topological polar surface area (TPSA) is 80.2 Å². The zero-order chi connectivity index (χ0) is 24.0. The Morgan fingerprint density at radius 1 is 1.30 bits per heavy atom. The molecule has 0 spiro atoms. The third-order valence-corrected chi connectivity index (χ3v) is 6.33. The number of amides is 1. The van der Waals surface area contributed by atoms with Gasteiger partial charge in [-0.15, -0.1) is 0 Å². The molecule has 0 radical (unpaired) electrons. The van der Waals surface area contributed by atoms with Crippen molar-refractivity contribution >= 4 is 28.8 Å². The maximum atomic E-state index is 13.1. The summed E-state index contributed by atoms with van der Waals surface area (Å²) in [5, 5.41) is 5.52. The van der Waals surface area contributed by atoms with Gasteiger partial charge in [-0.3, -0.25) is 4.79 Å². The number of hydrogen-bond acceptors (Lipinski definition) is 7. The molecule has 7 nitrogen and oxygen atoms in total. The van der Waals surface area contributed by atoms with Gasteiger partial charge in [0.1, 0.15) is 6.61 Å². The Morgan fingerprint density at radius 3 is 2.67 bits per heavy atom. The Kier molecular flexibility index (Phi) is 8.52. The highest BCUT2D eigenvalue weighted by molar-refractivity contribution is 8.16. The van der Waals surface area contributed by atoms with E-state index < -0.39 is 12.0 Å². The van der Waals surface area contributed by atoms with Crippen LogP contribution in [0, 0.1) is 0 Å². The van der Waals surface area contributed by atoms with Crippen LogP contribution >= 0.6 is 11.8 Å². The summed E-state index contributed by atoms with van der Waals surface area (Å²) in [6, 6.07) is 7.80. The zero-order valence-electron chi connectivity index (χ0n) is 19.6. The van der Waals surface area contributed by atoms with Crippen molar-refractivity contribution in [1.29, 1.82) is 0 Å². The van der Waals surface area contributed by atoms with Gasteiger partial charge in [-0.25, -0.2) is 9.79 Å². The first-order chi connectivity index (χ1) is 15.9. The number of methoxy groups -OCH3 is 1. The van der Waals surface area contributed by atoms with Gasteiger partial charge in [-0.05, 0) is 29.4 Å². The monoisotopic (exact) mass is 469 g/mol. The fourth-order valence-electron chi connectivity index (χ4n) is 3.74. The molecule has 1 aromatic rings. The third-order valence-electron chi connectivity index (χ3n) is 5.44. The van der Waals surface area contributed by atoms with Crippen LogP contribution in [0.2, 0.25) is 0 Å². The van der Waals surface area contributed by atoms with E-state index in [4.69, 9.17) is 9.47 Å². The molecular weight excluding hydrogens is 438 g/mol. The number of nitrogens with zero attached hydrogens (tertiary/aromatic N) is 2. The molecule has 8 heteroatoms. The van der Waals surface area contributed by atoms with Crippen LogP contribution < -0.4 is 5.32 Å². The van der Waals surface area contributed by atoms with Gasteiger partial charge < -0.3 is 19.7 Å². The predicted octanol–water partition coefficient (Wildman–Crippen LogP) is 4.27. The van der Waals surface area contributed by atoms with E-state index in [9.17, 15) is 9.59 Å². The molecule has 0 bridgehead atoms. The van der Waals surface area contributed by atoms with Crippen molar-refractivity contribution in [3.8, 4) is 0 Å². The minimum atomic E-state index is -0.441. The molecule has 176 valence electrons. The number of nitrogens with one attached hydrogen (secondary N) is 1. The van der Waals surface area contributed by atoms with Crippen LogP contribution in [0.1, 0.15) is 50.3 Å². The van der Waals surface area contributed by atoms with E-state index in [1.54, 1.807) is 13.2 Å². The molecular formula is C25H31N3O4S. The number of allylic oxidation sites excluding steroid dienone is 1. The number of carbonyl (C=O) groups excluding carboxylic acids is 2. The van der Waals surface area contributed by atoms with Gasteiger partial charge in [0.15, 0.2) is 5.17 Å². The van der Waals surface area contributed by atoms with Crippen molar-refractivity contribution in [2.24, 2.45) is 4.99 Å². The number of fused-ring (bicyclic) bond motifs is 1. The maximum absolute atomic E-state index is 13.1. The van der Waals surface area contributed by atoms with Crippen LogP contribution in [0.5, 0.6) is 0 Å². The van der Waals surface area contributed by atoms with Crippen LogP contribution in [-0.2, 0) is 19.1 Å². The highest BCUT2D eigenvalue weighted by atomic mass is 32.2. The lowest BCUT2D eigenvalue weighted by Crippen LogP contribution is -2.38. The smallest absolute Gasteiger partial charge is 0.338 e. The van der Waals surface area contributed by atoms with Crippen LogP contribution in [0.4, 0.5) is 0 Å². The molecule has 3 rings (SSSR count). The average molecular weight is 470 g/mol. The first-order valence-electron chi connectivity index (χ1n) is 10.9. The van der Waals surface area contributed by atoms with E-state index in [2.05, 4.69) is 42.9 Å². The van der Waals surface area contributed by atoms with E-state index in [0.29, 0.717) is 30.3 Å². The molecule has 2 aliphatic rings. The highest BCUT2D eigenvalue weighted by Crippen LogP contribution is 2.45. The van der Waals surface area contributed by atoms with E-state index in [0.717, 1.165) is 16.4 Å². The first kappa shape index (κ1) is 24.8. The summed E-state index contributed by atoms with van der Waals surface area (Å²) in [6.45, 7) is 10.7. The van der Waals surface area contributed by atoms with Gasteiger partial charge in [-0.2, -0.15) is 0 Å². The van der Waals surface area contributed by atoms with Gasteiger partial charge in [0.25, 0.3) is 0 Å². The van der Waals surface area contributed by atoms with Crippen LogP contribution in [0.25, 0.3) is 0 Å². The van der Waals surface area contributed by atoms with E-state index >= 15 is 0 Å². The minimum absolute atomic E-state index is 0.115. The van der Waals surface area contributed by atoms with Crippen molar-refractivity contribution in [3.05, 3.63) is 70.4 Å². The second-order valence-corrected chi connectivity index (χ2v) is 8.96. The number of thioether (sulfide) groups is 1. The molecule has 0 saturated carbocycles. The molecule has 0 saturated heterocycles. The number of esters is 1. The summed E-state index contributed by atoms with van der Waals surface area (Å²) >= 11 is 1.45. The third kappa shape index (κ3) is 5.75. The molecule has 1 amide bonds. The lowest BCUT2D eigenvalue weighted by atomic mass is 9.92. The second kappa shape index (κ2) is 11.3. The Morgan fingerprint density at radius 2 is 2.03 bits per heavy atom. The maximum Gasteiger partial charge on any atom is 0.338 e. The standard InChI is InChI=1S/C25H31N3O4S/c1-6-12-32-24(30)22-17(4)27-25-28(20(15-33-25)14-21(29)26-11-13-31-5)23(22)19-9-7-18(8-10-19)16(2)3/h6-10,15-16,23H,1,11-14H2,2-5H3,(H,26,29)/t23-/m0/s1. The Labute approximate surface area is 199 Å². The largest absolute Gasteiger partial charge is 0.458 e. The summed E-state index contributed by atoms with van der Waals surface area (Å²) in [5.74, 6) is -0.157. The van der Waals surface area contributed by atoms with E-state index in [1.165, 1.54) is 17.3 Å². The van der Waals surface area contributed by atoms with Crippen molar-refractivity contribution in [2.75, 3.05) is 26.9 Å². The van der Waals surface area contributed by atoms with E-state index in [1.807, 2.05) is 29.4 Å². The number of aliphatic imine (C=N–C) groups is 1. The molecule has 1 N–H and O–H groups in total. The summed E-state index contributed by atoms with van der Waals surface area (Å²) in [7, 11) is 1.59. The number of ether oxygens (including phenoxy) is 2. The van der Waals surface area contributed by atoms with Gasteiger partial charge in [0.05, 0.1) is 30.3 Å². The highest BCUT2D eigenvalue weighted by Gasteiger charge is 2.41. The Balaban J connectivity index is 1.97. The molecule has 1 atom stereocenters. The van der Waals surface area contributed by atoms with Crippen molar-refractivity contribution in [3.63, 3.8) is 0 Å². The number of hydrogen-bond donors (Lipinski definition) is 1. The molecule has 0 aliphatic carbocycles. The van der Waals surface area contributed by atoms with Gasteiger partial charge in [0, 0.05) is 19.4 Å². The normalized spacial score (nSPS) is 17.5. The lowest BCUT2D eigenvalue weighted by Gasteiger charge is -2.36. The summed E-state index contributed by atoms with van der Waals surface area (Å²) in [4.78, 5) is 32.2. The minimum Gasteiger partial charge on any atom is -0.458 e. The number of amidine groups is 1. The molecule has 0 unspecified atom stereocenters. The fraction of sp³-hybridized carbons (Fsp3) is 0.400. The Hall–Kier alpha value is -2.84. The Bertz CT molecular complexity index is 995. The molecule has 1 aromatic carbocycles. The van der Waals surface area contributed by atoms with Crippen LogP contribution in [0.15, 0.2) is 64.3 Å². The summed E-state index contributed by atoms with van der Waals surface area (Å²) in [6.07, 6.45) is 1.71. The molecule has 0 fully saturated rings. The fourth-order valence-corrected chi connectivity index (χ4v) is 4.71. The molecule has 33 heavy (non-hydrogen) atoms. The van der Waals surface area contributed by atoms with Crippen molar-refractivity contribution in [2.45, 2.75) is 39.2 Å². The van der Waals surface area contributed by atoms with Crippen molar-refractivity contribution < 1.29 is 19.1 Å². The van der Waals surface area contributed by atoms with Crippen LogP contribution in [0.3, 0.4) is 0 Å². The summed E-state index contributed by atoms with van der Waals surface area (Å²) < 4.78 is 10.4. The summed E-state index contributed by atoms with van der Waals surface area (Å²) in [5.41, 5.74) is 4.01. The zero-order valence-corrected chi connectivity index (χ0v) is 20.4. The lowest BCUT2D eigenvalue weighted by molar-refractivity contribution is -0.138. The number of rotatable bonds is 10. The van der Waals surface area contributed by atoms with Crippen molar-refractivity contribution in [1.82, 2.24) is 10.2 Å². The molecule has 2 heterocycles. The first-order valence-corrected chi connectivity index (χ1v) is 11.8. The van der Waals surface area contributed by atoms with Gasteiger partial charge in [-0.1, -0.05) is 62.5 Å². The SMILES string of the molecule is C=CCOC(=O)C1=C(C)N=C2SC=C(CC(=O)NCCOC)N2[C@H]1c1ccc(C(C)C)cc1. The predicted molar refractivity (Wildman–Crippen MR) is 132 cm³/mol. The number of benzene rings is 1. The quantitative estimate of drug-likeness (QED) is 0.313. The average Bonchev–Trinajstić information content (AvgIpc) is 3.18. The number of carbonyl (C=O) groups is 2. The van der Waals surface area contributed by atoms with Crippen LogP contribution in [-0.4, -0.2) is 48.8 Å². The molecule has 2 aliphatic heterocycles. The van der Waals surface area contributed by atoms with Gasteiger partial charge in [0.2, 0.25) is 5.91 Å². The van der Waals surface area contributed by atoms with E-state index in [-0.39, 0.29) is 18.9 Å².